The maximum Gasteiger partial charge on any atom is 0.161 e. The maximum atomic E-state index is 4.52. The van der Waals surface area contributed by atoms with Crippen LogP contribution in [0, 0.1) is 6.92 Å². The van der Waals surface area contributed by atoms with Crippen LogP contribution in [0.3, 0.4) is 0 Å². The van der Waals surface area contributed by atoms with E-state index in [2.05, 4.69) is 48.4 Å². The van der Waals surface area contributed by atoms with Gasteiger partial charge in [-0.15, -0.1) is 0 Å². The number of benzene rings is 1. The molecule has 1 aliphatic rings. The van der Waals surface area contributed by atoms with E-state index < -0.39 is 0 Å². The van der Waals surface area contributed by atoms with Gasteiger partial charge in [-0.3, -0.25) is 4.99 Å². The summed E-state index contributed by atoms with van der Waals surface area (Å²) in [5.74, 6) is 0. The number of thioether (sulfide) groups is 1. The van der Waals surface area contributed by atoms with Crippen molar-refractivity contribution in [3.8, 4) is 0 Å². The largest absolute Gasteiger partial charge is 0.335 e. The lowest BCUT2D eigenvalue weighted by molar-refractivity contribution is 0.754. The molecule has 0 amide bonds. The van der Waals surface area contributed by atoms with Crippen LogP contribution in [0.25, 0.3) is 0 Å². The molecule has 1 aliphatic heterocycles. The van der Waals surface area contributed by atoms with Crippen LogP contribution in [-0.4, -0.2) is 17.0 Å². The quantitative estimate of drug-likeness (QED) is 0.862. The molecule has 0 saturated heterocycles. The van der Waals surface area contributed by atoms with Crippen molar-refractivity contribution in [2.45, 2.75) is 31.9 Å². The zero-order chi connectivity index (χ0) is 11.4. The minimum absolute atomic E-state index is 0.679. The number of aryl methyl sites for hydroxylation is 1. The Hall–Kier alpha value is -0.960. The smallest absolute Gasteiger partial charge is 0.161 e. The SMILES string of the molecule is CCCC1CN=C(Nc2ccc(C)cc2)S1. The van der Waals surface area contributed by atoms with Gasteiger partial charge in [-0.2, -0.15) is 0 Å². The molecular weight excluding hydrogens is 216 g/mol. The zero-order valence-electron chi connectivity index (χ0n) is 9.86. The van der Waals surface area contributed by atoms with Crippen LogP contribution in [0.4, 0.5) is 5.69 Å². The van der Waals surface area contributed by atoms with Gasteiger partial charge in [0.25, 0.3) is 0 Å². The van der Waals surface area contributed by atoms with Gasteiger partial charge in [-0.05, 0) is 25.5 Å². The molecular formula is C13H18N2S. The first kappa shape index (κ1) is 11.5. The molecule has 1 atom stereocenters. The third-order valence-electron chi connectivity index (χ3n) is 2.63. The Labute approximate surface area is 102 Å². The highest BCUT2D eigenvalue weighted by molar-refractivity contribution is 8.15. The van der Waals surface area contributed by atoms with Crippen LogP contribution in [0.5, 0.6) is 0 Å². The fourth-order valence-corrected chi connectivity index (χ4v) is 2.86. The van der Waals surface area contributed by atoms with E-state index in [0.717, 1.165) is 17.4 Å². The van der Waals surface area contributed by atoms with Gasteiger partial charge in [0.15, 0.2) is 5.17 Å². The highest BCUT2D eigenvalue weighted by atomic mass is 32.2. The van der Waals surface area contributed by atoms with Crippen LogP contribution in [0.1, 0.15) is 25.3 Å². The van der Waals surface area contributed by atoms with Gasteiger partial charge in [0.05, 0.1) is 6.54 Å². The molecule has 0 spiro atoms. The number of amidine groups is 1. The van der Waals surface area contributed by atoms with E-state index in [1.807, 2.05) is 11.8 Å². The molecule has 0 aromatic heterocycles. The molecule has 1 aromatic rings. The molecule has 3 heteroatoms. The molecule has 86 valence electrons. The monoisotopic (exact) mass is 234 g/mol. The van der Waals surface area contributed by atoms with Crippen molar-refractivity contribution < 1.29 is 0 Å². The van der Waals surface area contributed by atoms with E-state index in [1.54, 1.807) is 0 Å². The summed E-state index contributed by atoms with van der Waals surface area (Å²) >= 11 is 1.87. The van der Waals surface area contributed by atoms with Crippen molar-refractivity contribution in [2.24, 2.45) is 4.99 Å². The Morgan fingerprint density at radius 3 is 2.81 bits per heavy atom. The number of rotatable bonds is 3. The lowest BCUT2D eigenvalue weighted by atomic mass is 10.2. The summed E-state index contributed by atoms with van der Waals surface area (Å²) < 4.78 is 0. The van der Waals surface area contributed by atoms with Crippen LogP contribution in [0.2, 0.25) is 0 Å². The summed E-state index contributed by atoms with van der Waals surface area (Å²) in [4.78, 5) is 4.52. The van der Waals surface area contributed by atoms with E-state index in [0.29, 0.717) is 5.25 Å². The van der Waals surface area contributed by atoms with Crippen LogP contribution in [0.15, 0.2) is 29.3 Å². The Balaban J connectivity index is 1.89. The normalized spacial score (nSPS) is 19.6. The van der Waals surface area contributed by atoms with Crippen molar-refractivity contribution in [1.29, 1.82) is 0 Å². The van der Waals surface area contributed by atoms with Crippen LogP contribution < -0.4 is 5.32 Å². The fraction of sp³-hybridized carbons (Fsp3) is 0.462. The third-order valence-corrected chi connectivity index (χ3v) is 3.80. The van der Waals surface area contributed by atoms with Gasteiger partial charge >= 0.3 is 0 Å². The molecule has 2 rings (SSSR count). The van der Waals surface area contributed by atoms with Crippen molar-refractivity contribution in [1.82, 2.24) is 0 Å². The average Bonchev–Trinajstić information content (AvgIpc) is 2.70. The topological polar surface area (TPSA) is 24.4 Å². The van der Waals surface area contributed by atoms with Crippen molar-refractivity contribution in [3.05, 3.63) is 29.8 Å². The second kappa shape index (κ2) is 5.39. The molecule has 16 heavy (non-hydrogen) atoms. The summed E-state index contributed by atoms with van der Waals surface area (Å²) in [5.41, 5.74) is 2.42. The summed E-state index contributed by atoms with van der Waals surface area (Å²) in [6, 6.07) is 8.44. The molecule has 1 heterocycles. The van der Waals surface area contributed by atoms with Gasteiger partial charge in [0, 0.05) is 10.9 Å². The lowest BCUT2D eigenvalue weighted by Crippen LogP contribution is -2.07. The van der Waals surface area contributed by atoms with Crippen molar-refractivity contribution in [2.75, 3.05) is 11.9 Å². The summed E-state index contributed by atoms with van der Waals surface area (Å²) in [6.07, 6.45) is 2.50. The van der Waals surface area contributed by atoms with Gasteiger partial charge in [0.2, 0.25) is 0 Å². The fourth-order valence-electron chi connectivity index (χ4n) is 1.72. The number of nitrogens with zero attached hydrogens (tertiary/aromatic N) is 1. The Morgan fingerprint density at radius 1 is 1.38 bits per heavy atom. The minimum atomic E-state index is 0.679. The highest BCUT2D eigenvalue weighted by Crippen LogP contribution is 2.25. The molecule has 0 bridgehead atoms. The first-order valence-corrected chi connectivity index (χ1v) is 6.70. The maximum absolute atomic E-state index is 4.52. The number of aliphatic imine (C=N–C) groups is 1. The second-order valence-electron chi connectivity index (χ2n) is 4.17. The molecule has 0 aliphatic carbocycles. The summed E-state index contributed by atoms with van der Waals surface area (Å²) in [6.45, 7) is 5.29. The van der Waals surface area contributed by atoms with Crippen LogP contribution in [-0.2, 0) is 0 Å². The summed E-state index contributed by atoms with van der Waals surface area (Å²) in [5, 5.41) is 5.12. The molecule has 0 saturated carbocycles. The van der Waals surface area contributed by atoms with Crippen LogP contribution >= 0.6 is 11.8 Å². The molecule has 0 fully saturated rings. The number of nitrogens with one attached hydrogen (secondary N) is 1. The summed E-state index contributed by atoms with van der Waals surface area (Å²) in [7, 11) is 0. The molecule has 0 radical (unpaired) electrons. The second-order valence-corrected chi connectivity index (χ2v) is 5.45. The Bertz CT molecular complexity index is 370. The Morgan fingerprint density at radius 2 is 2.12 bits per heavy atom. The first-order valence-electron chi connectivity index (χ1n) is 5.82. The van der Waals surface area contributed by atoms with E-state index in [1.165, 1.54) is 18.4 Å². The minimum Gasteiger partial charge on any atom is -0.335 e. The molecule has 2 nitrogen and oxygen atoms in total. The highest BCUT2D eigenvalue weighted by Gasteiger charge is 2.18. The predicted octanol–water partition coefficient (Wildman–Crippen LogP) is 3.68. The van der Waals surface area contributed by atoms with E-state index in [-0.39, 0.29) is 0 Å². The number of hydrogen-bond acceptors (Lipinski definition) is 3. The average molecular weight is 234 g/mol. The zero-order valence-corrected chi connectivity index (χ0v) is 10.7. The van der Waals surface area contributed by atoms with Gasteiger partial charge in [-0.1, -0.05) is 42.8 Å². The lowest BCUT2D eigenvalue weighted by Gasteiger charge is -2.07. The van der Waals surface area contributed by atoms with Gasteiger partial charge < -0.3 is 5.32 Å². The predicted molar refractivity (Wildman–Crippen MR) is 73.4 cm³/mol. The Kier molecular flexibility index (Phi) is 3.88. The van der Waals surface area contributed by atoms with Gasteiger partial charge in [0.1, 0.15) is 0 Å². The molecule has 1 aromatic carbocycles. The number of hydrogen-bond donors (Lipinski definition) is 1. The van der Waals surface area contributed by atoms with E-state index in [4.69, 9.17) is 0 Å². The molecule has 1 unspecified atom stereocenters. The standard InChI is InChI=1S/C13H18N2S/c1-3-4-12-9-14-13(16-12)15-11-7-5-10(2)6-8-11/h5-8,12H,3-4,9H2,1-2H3,(H,14,15). The number of anilines is 1. The van der Waals surface area contributed by atoms with E-state index >= 15 is 0 Å². The van der Waals surface area contributed by atoms with Crippen molar-refractivity contribution >= 4 is 22.6 Å². The van der Waals surface area contributed by atoms with Crippen molar-refractivity contribution in [3.63, 3.8) is 0 Å². The third kappa shape index (κ3) is 3.01. The first-order chi connectivity index (χ1) is 7.78. The van der Waals surface area contributed by atoms with E-state index in [9.17, 15) is 0 Å². The molecule has 1 N–H and O–H groups in total. The van der Waals surface area contributed by atoms with Gasteiger partial charge in [-0.25, -0.2) is 0 Å².